The Morgan fingerprint density at radius 2 is 1.92 bits per heavy atom. The van der Waals surface area contributed by atoms with Crippen LogP contribution in [0.2, 0.25) is 0 Å². The molecule has 5 rings (SSSR count). The Kier molecular flexibility index (Phi) is 8.54. The van der Waals surface area contributed by atoms with Gasteiger partial charge in [0, 0.05) is 50.5 Å². The number of piperidine rings is 1. The summed E-state index contributed by atoms with van der Waals surface area (Å²) in [7, 11) is 0. The number of hydrogen-bond donors (Lipinski definition) is 1. The average Bonchev–Trinajstić information content (AvgIpc) is 3.38. The van der Waals surface area contributed by atoms with Crippen LogP contribution in [-0.2, 0) is 14.3 Å². The smallest absolute Gasteiger partial charge is 0.223 e. The van der Waals surface area contributed by atoms with E-state index in [0.717, 1.165) is 52.4 Å². The van der Waals surface area contributed by atoms with Crippen LogP contribution < -0.4 is 4.90 Å². The van der Waals surface area contributed by atoms with Gasteiger partial charge in [-0.15, -0.1) is 11.3 Å². The van der Waals surface area contributed by atoms with E-state index in [4.69, 9.17) is 14.7 Å². The van der Waals surface area contributed by atoms with E-state index in [-0.39, 0.29) is 36.2 Å². The van der Waals surface area contributed by atoms with Crippen LogP contribution in [0.1, 0.15) is 37.5 Å². The van der Waals surface area contributed by atoms with E-state index < -0.39 is 0 Å². The molecule has 0 spiro atoms. The van der Waals surface area contributed by atoms with Crippen molar-refractivity contribution in [1.82, 2.24) is 14.9 Å². The Labute approximate surface area is 232 Å². The van der Waals surface area contributed by atoms with Gasteiger partial charge in [-0.3, -0.25) is 9.59 Å². The summed E-state index contributed by atoms with van der Waals surface area (Å²) in [5.41, 5.74) is 1.60. The number of rotatable bonds is 6. The number of ketones is 1. The highest BCUT2D eigenvalue weighted by Crippen LogP contribution is 2.35. The Bertz CT molecular complexity index is 1440. The van der Waals surface area contributed by atoms with Crippen LogP contribution in [0.25, 0.3) is 21.6 Å². The number of amides is 1. The maximum absolute atomic E-state index is 12.5. The lowest BCUT2D eigenvalue weighted by Gasteiger charge is -2.29. The summed E-state index contributed by atoms with van der Waals surface area (Å²) in [5.74, 6) is 8.66. The molecular weight excluding hydrogens is 512 g/mol. The molecule has 0 radical (unpaired) electrons. The summed E-state index contributed by atoms with van der Waals surface area (Å²) in [4.78, 5) is 38.9. The third kappa shape index (κ3) is 6.64. The molecule has 0 saturated carbocycles. The van der Waals surface area contributed by atoms with Gasteiger partial charge in [0.05, 0.1) is 28.3 Å². The van der Waals surface area contributed by atoms with Gasteiger partial charge in [0.25, 0.3) is 0 Å². The van der Waals surface area contributed by atoms with Crippen molar-refractivity contribution in [2.24, 2.45) is 5.92 Å². The molecule has 39 heavy (non-hydrogen) atoms. The number of morpholine rings is 1. The molecule has 0 bridgehead atoms. The number of hydrogen-bond acceptors (Lipinski definition) is 8. The number of carbonyl (C=O) groups is 2. The minimum atomic E-state index is -0.00885. The lowest BCUT2D eigenvalue weighted by atomic mass is 9.97. The predicted octanol–water partition coefficient (Wildman–Crippen LogP) is 4.42. The molecule has 1 N–H and O–H groups in total. The first-order valence-corrected chi connectivity index (χ1v) is 14.2. The molecule has 2 fully saturated rings. The monoisotopic (exact) mass is 544 g/mol. The number of phenolic OH excluding ortho intramolecular Hbond substituents is 1. The van der Waals surface area contributed by atoms with Crippen LogP contribution in [0.4, 0.5) is 5.82 Å². The Morgan fingerprint density at radius 1 is 1.13 bits per heavy atom. The predicted molar refractivity (Wildman–Crippen MR) is 153 cm³/mol. The van der Waals surface area contributed by atoms with Gasteiger partial charge in [0.1, 0.15) is 5.75 Å². The molecule has 2 saturated heterocycles. The number of fused-ring (bicyclic) bond motifs is 1. The molecular formula is C30H32N4O4S. The molecule has 0 aliphatic carbocycles. The number of nitrogens with zero attached hydrogens (tertiary/aromatic N) is 4. The normalized spacial score (nSPS) is 16.4. The van der Waals surface area contributed by atoms with E-state index in [2.05, 4.69) is 16.7 Å². The van der Waals surface area contributed by atoms with E-state index in [1.54, 1.807) is 42.5 Å². The molecule has 0 atom stereocenters. The van der Waals surface area contributed by atoms with Crippen LogP contribution in [0, 0.1) is 17.8 Å². The van der Waals surface area contributed by atoms with E-state index in [1.165, 1.54) is 6.08 Å². The Hall–Kier alpha value is -3.74. The number of phenols is 1. The maximum atomic E-state index is 12.5. The van der Waals surface area contributed by atoms with Gasteiger partial charge in [-0.1, -0.05) is 30.0 Å². The molecule has 2 aliphatic rings. The van der Waals surface area contributed by atoms with Crippen LogP contribution in [0.5, 0.6) is 5.75 Å². The standard InChI is InChI=1S/C30H32N4O4S/c1-2-4-23(35)8-10-27(37)33-13-11-21(12-14-33)7-9-25-20-26-28(39-25)30(34-15-17-38-18-16-34)32-29(31-26)22-5-3-6-24(36)19-22/h2-6,19-21,36H,8,10-18H2,1H3/b4-2+. The topological polar surface area (TPSA) is 95.9 Å². The first-order chi connectivity index (χ1) is 19.0. The molecule has 8 nitrogen and oxygen atoms in total. The van der Waals surface area contributed by atoms with E-state index in [1.807, 2.05) is 17.0 Å². The van der Waals surface area contributed by atoms with Crippen LogP contribution >= 0.6 is 11.3 Å². The third-order valence-corrected chi connectivity index (χ3v) is 7.99. The van der Waals surface area contributed by atoms with E-state index in [9.17, 15) is 14.7 Å². The van der Waals surface area contributed by atoms with Crippen molar-refractivity contribution in [2.45, 2.75) is 32.6 Å². The molecule has 0 unspecified atom stereocenters. The Balaban J connectivity index is 1.31. The first kappa shape index (κ1) is 26.9. The van der Waals surface area contributed by atoms with E-state index in [0.29, 0.717) is 32.1 Å². The number of carbonyl (C=O) groups excluding carboxylic acids is 2. The zero-order valence-corrected chi connectivity index (χ0v) is 22.9. The fraction of sp³-hybridized carbons (Fsp3) is 0.400. The zero-order valence-electron chi connectivity index (χ0n) is 22.1. The van der Waals surface area contributed by atoms with Crippen molar-refractivity contribution in [3.05, 3.63) is 47.4 Å². The highest BCUT2D eigenvalue weighted by molar-refractivity contribution is 7.20. The number of aromatic nitrogens is 2. The average molecular weight is 545 g/mol. The van der Waals surface area contributed by atoms with E-state index >= 15 is 0 Å². The van der Waals surface area contributed by atoms with Crippen LogP contribution in [0.3, 0.4) is 0 Å². The SMILES string of the molecule is C/C=C/C(=O)CCC(=O)N1CCC(C#Cc2cc3nc(-c4cccc(O)c4)nc(N4CCOCC4)c3s2)CC1. The molecule has 4 heterocycles. The second-order valence-corrected chi connectivity index (χ2v) is 10.8. The summed E-state index contributed by atoms with van der Waals surface area (Å²) in [6.07, 6.45) is 5.40. The van der Waals surface area contributed by atoms with Crippen molar-refractivity contribution < 1.29 is 19.4 Å². The van der Waals surface area contributed by atoms with Gasteiger partial charge in [-0.25, -0.2) is 9.97 Å². The lowest BCUT2D eigenvalue weighted by molar-refractivity contribution is -0.133. The second-order valence-electron chi connectivity index (χ2n) is 9.74. The highest BCUT2D eigenvalue weighted by Gasteiger charge is 2.23. The second kappa shape index (κ2) is 12.4. The van der Waals surface area contributed by atoms with Crippen LogP contribution in [-0.4, -0.2) is 71.1 Å². The summed E-state index contributed by atoms with van der Waals surface area (Å²) >= 11 is 1.60. The summed E-state index contributed by atoms with van der Waals surface area (Å²) in [6, 6.07) is 9.02. The highest BCUT2D eigenvalue weighted by atomic mass is 32.1. The molecule has 202 valence electrons. The number of allylic oxidation sites excluding steroid dienone is 2. The minimum Gasteiger partial charge on any atom is -0.508 e. The first-order valence-electron chi connectivity index (χ1n) is 13.4. The number of benzene rings is 1. The Morgan fingerprint density at radius 3 is 2.67 bits per heavy atom. The van der Waals surface area contributed by atoms with Gasteiger partial charge in [0.15, 0.2) is 17.4 Å². The minimum absolute atomic E-state index is 0.00885. The van der Waals surface area contributed by atoms with Crippen molar-refractivity contribution in [3.63, 3.8) is 0 Å². The number of ether oxygens (including phenoxy) is 1. The lowest BCUT2D eigenvalue weighted by Crippen LogP contribution is -2.38. The van der Waals surface area contributed by atoms with Gasteiger partial charge < -0.3 is 19.6 Å². The summed E-state index contributed by atoms with van der Waals surface area (Å²) < 4.78 is 6.55. The van der Waals surface area contributed by atoms with Gasteiger partial charge in [-0.2, -0.15) is 0 Å². The van der Waals surface area contributed by atoms with Gasteiger partial charge >= 0.3 is 0 Å². The van der Waals surface area contributed by atoms with Crippen molar-refractivity contribution in [2.75, 3.05) is 44.3 Å². The largest absolute Gasteiger partial charge is 0.508 e. The number of likely N-dealkylation sites (tertiary alicyclic amines) is 1. The number of thiophene rings is 1. The fourth-order valence-corrected chi connectivity index (χ4v) is 5.82. The van der Waals surface area contributed by atoms with Gasteiger partial charge in [0.2, 0.25) is 5.91 Å². The summed E-state index contributed by atoms with van der Waals surface area (Å²) in [5, 5.41) is 9.98. The van der Waals surface area contributed by atoms with Crippen molar-refractivity contribution in [3.8, 4) is 29.0 Å². The quantitative estimate of drug-likeness (QED) is 0.363. The maximum Gasteiger partial charge on any atom is 0.223 e. The van der Waals surface area contributed by atoms with Crippen molar-refractivity contribution in [1.29, 1.82) is 0 Å². The number of aromatic hydroxyl groups is 1. The van der Waals surface area contributed by atoms with Crippen LogP contribution in [0.15, 0.2) is 42.5 Å². The molecule has 1 amide bonds. The van der Waals surface area contributed by atoms with Gasteiger partial charge in [-0.05, 0) is 44.0 Å². The fourth-order valence-electron chi connectivity index (χ4n) is 4.84. The molecule has 9 heteroatoms. The molecule has 2 aromatic heterocycles. The molecule has 3 aromatic rings. The zero-order chi connectivity index (χ0) is 27.2. The van der Waals surface area contributed by atoms with Crippen molar-refractivity contribution >= 4 is 39.1 Å². The molecule has 2 aliphatic heterocycles. The molecule has 1 aromatic carbocycles. The third-order valence-electron chi connectivity index (χ3n) is 6.95. The number of anilines is 1. The summed E-state index contributed by atoms with van der Waals surface area (Å²) in [6.45, 7) is 5.95.